The van der Waals surface area contributed by atoms with Gasteiger partial charge in [-0.05, 0) is 41.0 Å². The average Bonchev–Trinajstić information content (AvgIpc) is 3.07. The lowest BCUT2D eigenvalue weighted by atomic mass is 9.88. The van der Waals surface area contributed by atoms with Crippen LogP contribution in [0.1, 0.15) is 40.9 Å². The van der Waals surface area contributed by atoms with Crippen molar-refractivity contribution >= 4 is 16.7 Å². The highest BCUT2D eigenvalue weighted by Crippen LogP contribution is 2.44. The first-order valence-electron chi connectivity index (χ1n) is 9.09. The molecule has 0 fully saturated rings. The zero-order chi connectivity index (χ0) is 18.3. The first kappa shape index (κ1) is 16.6. The molecule has 0 N–H and O–H groups in total. The molecular weight excluding hydrogens is 324 g/mol. The maximum absolute atomic E-state index is 12.5. The Kier molecular flexibility index (Phi) is 4.15. The van der Waals surface area contributed by atoms with Crippen LogP contribution in [0.15, 0.2) is 42.5 Å². The lowest BCUT2D eigenvalue weighted by Gasteiger charge is -2.16. The van der Waals surface area contributed by atoms with E-state index in [9.17, 15) is 4.79 Å². The summed E-state index contributed by atoms with van der Waals surface area (Å²) in [6.45, 7) is 4.54. The first-order chi connectivity index (χ1) is 12.7. The van der Waals surface area contributed by atoms with Crippen LogP contribution in [0.5, 0.6) is 5.75 Å². The number of esters is 1. The normalized spacial score (nSPS) is 13.0. The van der Waals surface area contributed by atoms with E-state index in [0.717, 1.165) is 46.1 Å². The Balaban J connectivity index is 2.10. The molecule has 0 spiro atoms. The number of carbonyl (C=O) groups is 1. The molecule has 0 bridgehead atoms. The number of benzene rings is 3. The summed E-state index contributed by atoms with van der Waals surface area (Å²) in [7, 11) is 1.66. The molecule has 1 aliphatic rings. The fraction of sp³-hybridized carbons (Fsp3) is 0.261. The molecule has 3 heteroatoms. The zero-order valence-corrected chi connectivity index (χ0v) is 15.4. The zero-order valence-electron chi connectivity index (χ0n) is 15.4. The number of methoxy groups -OCH3 is 1. The molecule has 0 aromatic heterocycles. The molecule has 1 heterocycles. The van der Waals surface area contributed by atoms with Crippen LogP contribution in [0, 0.1) is 0 Å². The van der Waals surface area contributed by atoms with Crippen molar-refractivity contribution in [3.63, 3.8) is 0 Å². The van der Waals surface area contributed by atoms with E-state index < -0.39 is 0 Å². The van der Waals surface area contributed by atoms with Gasteiger partial charge in [-0.2, -0.15) is 0 Å². The van der Waals surface area contributed by atoms with Crippen LogP contribution >= 0.6 is 0 Å². The molecule has 1 aliphatic heterocycles. The summed E-state index contributed by atoms with van der Waals surface area (Å²) >= 11 is 0. The van der Waals surface area contributed by atoms with Gasteiger partial charge in [0.2, 0.25) is 0 Å². The Labute approximate surface area is 153 Å². The molecule has 0 amide bonds. The topological polar surface area (TPSA) is 35.5 Å². The third kappa shape index (κ3) is 2.47. The Morgan fingerprint density at radius 2 is 1.62 bits per heavy atom. The second kappa shape index (κ2) is 6.49. The van der Waals surface area contributed by atoms with Crippen molar-refractivity contribution in [3.05, 3.63) is 64.7 Å². The molecule has 4 rings (SSSR count). The van der Waals surface area contributed by atoms with Gasteiger partial charge < -0.3 is 9.47 Å². The molecule has 0 aliphatic carbocycles. The SMILES string of the molecule is CCc1ccc(-c2c3c(c(OC)c4cc(CC)ccc24)COC3=O)cc1. The summed E-state index contributed by atoms with van der Waals surface area (Å²) in [6, 6.07) is 14.8. The van der Waals surface area contributed by atoms with E-state index in [0.29, 0.717) is 5.56 Å². The number of ether oxygens (including phenoxy) is 2. The molecule has 26 heavy (non-hydrogen) atoms. The van der Waals surface area contributed by atoms with Gasteiger partial charge in [0.25, 0.3) is 0 Å². The molecular formula is C23H22O3. The van der Waals surface area contributed by atoms with Crippen molar-refractivity contribution in [2.75, 3.05) is 7.11 Å². The van der Waals surface area contributed by atoms with Crippen LogP contribution < -0.4 is 4.74 Å². The summed E-state index contributed by atoms with van der Waals surface area (Å²) < 4.78 is 11.1. The van der Waals surface area contributed by atoms with Crippen molar-refractivity contribution in [1.82, 2.24) is 0 Å². The van der Waals surface area contributed by atoms with Gasteiger partial charge in [-0.1, -0.05) is 50.2 Å². The van der Waals surface area contributed by atoms with Crippen LogP contribution in [0.2, 0.25) is 0 Å². The summed E-state index contributed by atoms with van der Waals surface area (Å²) in [5.74, 6) is 0.486. The maximum atomic E-state index is 12.5. The second-order valence-corrected chi connectivity index (χ2v) is 6.62. The smallest absolute Gasteiger partial charge is 0.339 e. The number of cyclic esters (lactones) is 1. The molecule has 3 aromatic rings. The Morgan fingerprint density at radius 3 is 2.27 bits per heavy atom. The van der Waals surface area contributed by atoms with Crippen LogP contribution in [0.3, 0.4) is 0 Å². The van der Waals surface area contributed by atoms with E-state index in [2.05, 4.69) is 56.3 Å². The predicted octanol–water partition coefficient (Wildman–Crippen LogP) is 5.31. The van der Waals surface area contributed by atoms with E-state index in [1.165, 1.54) is 11.1 Å². The number of rotatable bonds is 4. The van der Waals surface area contributed by atoms with E-state index in [-0.39, 0.29) is 12.6 Å². The molecule has 3 aromatic carbocycles. The minimum atomic E-state index is -0.269. The van der Waals surface area contributed by atoms with Crippen molar-refractivity contribution in [2.24, 2.45) is 0 Å². The van der Waals surface area contributed by atoms with Crippen molar-refractivity contribution in [1.29, 1.82) is 0 Å². The highest BCUT2D eigenvalue weighted by Gasteiger charge is 2.31. The first-order valence-corrected chi connectivity index (χ1v) is 9.09. The van der Waals surface area contributed by atoms with Gasteiger partial charge in [-0.25, -0.2) is 4.79 Å². The van der Waals surface area contributed by atoms with Gasteiger partial charge in [0.05, 0.1) is 12.7 Å². The molecule has 0 radical (unpaired) electrons. The third-order valence-corrected chi connectivity index (χ3v) is 5.24. The fourth-order valence-corrected chi connectivity index (χ4v) is 3.79. The van der Waals surface area contributed by atoms with Gasteiger partial charge in [-0.15, -0.1) is 0 Å². The van der Waals surface area contributed by atoms with E-state index in [4.69, 9.17) is 9.47 Å². The van der Waals surface area contributed by atoms with E-state index in [1.54, 1.807) is 7.11 Å². The van der Waals surface area contributed by atoms with Gasteiger partial charge in [0, 0.05) is 16.5 Å². The highest BCUT2D eigenvalue weighted by atomic mass is 16.5. The Hall–Kier alpha value is -2.81. The lowest BCUT2D eigenvalue weighted by molar-refractivity contribution is 0.0535. The Bertz CT molecular complexity index is 1000. The minimum Gasteiger partial charge on any atom is -0.496 e. The van der Waals surface area contributed by atoms with Crippen LogP contribution in [-0.4, -0.2) is 13.1 Å². The van der Waals surface area contributed by atoms with Crippen LogP contribution in [-0.2, 0) is 24.2 Å². The number of hydrogen-bond acceptors (Lipinski definition) is 3. The van der Waals surface area contributed by atoms with Crippen molar-refractivity contribution in [2.45, 2.75) is 33.3 Å². The van der Waals surface area contributed by atoms with Gasteiger partial charge in [0.15, 0.2) is 0 Å². The summed E-state index contributed by atoms with van der Waals surface area (Å²) in [5, 5.41) is 2.07. The predicted molar refractivity (Wildman–Crippen MR) is 104 cm³/mol. The van der Waals surface area contributed by atoms with Gasteiger partial charge >= 0.3 is 5.97 Å². The summed E-state index contributed by atoms with van der Waals surface area (Å²) in [5.41, 5.74) is 6.00. The van der Waals surface area contributed by atoms with E-state index >= 15 is 0 Å². The highest BCUT2D eigenvalue weighted by molar-refractivity contribution is 6.13. The standard InChI is InChI=1S/C23H22O3/c1-4-14-6-9-16(10-7-14)20-17-11-8-15(5-2)12-18(17)22(25-3)19-13-26-23(24)21(19)20/h6-12H,4-5,13H2,1-3H3. The molecule has 3 nitrogen and oxygen atoms in total. The van der Waals surface area contributed by atoms with Crippen molar-refractivity contribution < 1.29 is 14.3 Å². The maximum Gasteiger partial charge on any atom is 0.339 e. The summed E-state index contributed by atoms with van der Waals surface area (Å²) in [4.78, 5) is 12.5. The van der Waals surface area contributed by atoms with Gasteiger partial charge in [0.1, 0.15) is 12.4 Å². The monoisotopic (exact) mass is 346 g/mol. The third-order valence-electron chi connectivity index (χ3n) is 5.24. The molecule has 132 valence electrons. The minimum absolute atomic E-state index is 0.268. The van der Waals surface area contributed by atoms with Crippen molar-refractivity contribution in [3.8, 4) is 16.9 Å². The Morgan fingerprint density at radius 1 is 0.923 bits per heavy atom. The fourth-order valence-electron chi connectivity index (χ4n) is 3.79. The van der Waals surface area contributed by atoms with Crippen LogP contribution in [0.4, 0.5) is 0 Å². The summed E-state index contributed by atoms with van der Waals surface area (Å²) in [6.07, 6.45) is 1.94. The molecule has 0 unspecified atom stereocenters. The average molecular weight is 346 g/mol. The van der Waals surface area contributed by atoms with E-state index in [1.807, 2.05) is 0 Å². The second-order valence-electron chi connectivity index (χ2n) is 6.62. The molecule has 0 saturated heterocycles. The van der Waals surface area contributed by atoms with Crippen LogP contribution in [0.25, 0.3) is 21.9 Å². The quantitative estimate of drug-likeness (QED) is 0.601. The number of aryl methyl sites for hydroxylation is 2. The van der Waals surface area contributed by atoms with Gasteiger partial charge in [-0.3, -0.25) is 0 Å². The number of fused-ring (bicyclic) bond motifs is 2. The largest absolute Gasteiger partial charge is 0.496 e. The molecule has 0 atom stereocenters. The molecule has 0 saturated carbocycles. The lowest BCUT2D eigenvalue weighted by Crippen LogP contribution is -2.01. The number of hydrogen-bond donors (Lipinski definition) is 0. The number of carbonyl (C=O) groups excluding carboxylic acids is 1.